The molecular formula is C22H22ClN5O4S. The second kappa shape index (κ2) is 7.48. The summed E-state index contributed by atoms with van der Waals surface area (Å²) in [6.07, 6.45) is 6.04. The van der Waals surface area contributed by atoms with Gasteiger partial charge in [-0.05, 0) is 43.9 Å². The van der Waals surface area contributed by atoms with Crippen molar-refractivity contribution in [1.82, 2.24) is 24.7 Å². The van der Waals surface area contributed by atoms with Crippen LogP contribution >= 0.6 is 11.6 Å². The van der Waals surface area contributed by atoms with E-state index in [-0.39, 0.29) is 11.9 Å². The van der Waals surface area contributed by atoms with Crippen LogP contribution in [0.2, 0.25) is 5.02 Å². The second-order valence-electron chi connectivity index (χ2n) is 8.85. The number of imidazole rings is 1. The number of fused-ring (bicyclic) bond motifs is 3. The molecule has 172 valence electrons. The first-order chi connectivity index (χ1) is 15.9. The monoisotopic (exact) mass is 487 g/mol. The highest BCUT2D eigenvalue weighted by molar-refractivity contribution is 7.91. The van der Waals surface area contributed by atoms with Crippen LogP contribution in [0.5, 0.6) is 0 Å². The van der Waals surface area contributed by atoms with Crippen LogP contribution in [-0.2, 0) is 25.7 Å². The van der Waals surface area contributed by atoms with Crippen molar-refractivity contribution < 1.29 is 17.7 Å². The number of benzene rings is 1. The number of hydrogen-bond donors (Lipinski definition) is 0. The maximum atomic E-state index is 12.2. The topological polar surface area (TPSA) is 113 Å². The lowest BCUT2D eigenvalue weighted by Gasteiger charge is -2.26. The summed E-state index contributed by atoms with van der Waals surface area (Å²) in [4.78, 5) is 13.9. The van der Waals surface area contributed by atoms with E-state index < -0.39 is 14.6 Å². The molecule has 9 nitrogen and oxygen atoms in total. The molecule has 0 atom stereocenters. The number of ether oxygens (including phenoxy) is 1. The number of hydrogen-bond acceptors (Lipinski definition) is 8. The maximum absolute atomic E-state index is 12.2. The Bertz CT molecular complexity index is 1490. The van der Waals surface area contributed by atoms with Gasteiger partial charge >= 0.3 is 0 Å². The molecule has 0 radical (unpaired) electrons. The minimum absolute atomic E-state index is 0.174. The standard InChI is InChI=1S/C22H22ClN5O4S/c1-33(29,30)22(6-7-22)21-26-18(27-32-21)11-19-25-17-12-24-16-3-2-13(23)10-15(16)20(17)28(19)14-4-8-31-9-5-14/h2-3,10,12,14H,4-9,11H2,1H3. The van der Waals surface area contributed by atoms with Gasteiger partial charge in [-0.15, -0.1) is 0 Å². The van der Waals surface area contributed by atoms with Crippen LogP contribution in [0.4, 0.5) is 0 Å². The minimum atomic E-state index is -3.33. The fourth-order valence-electron chi connectivity index (χ4n) is 4.77. The Kier molecular flexibility index (Phi) is 4.76. The molecular weight excluding hydrogens is 466 g/mol. The lowest BCUT2D eigenvalue weighted by Crippen LogP contribution is -2.21. The van der Waals surface area contributed by atoms with Crippen molar-refractivity contribution in [3.8, 4) is 0 Å². The van der Waals surface area contributed by atoms with E-state index in [1.165, 1.54) is 6.26 Å². The Hall–Kier alpha value is -2.56. The summed E-state index contributed by atoms with van der Waals surface area (Å²) in [5.74, 6) is 1.37. The van der Waals surface area contributed by atoms with Gasteiger partial charge in [0.1, 0.15) is 11.3 Å². The van der Waals surface area contributed by atoms with Crippen LogP contribution in [0.3, 0.4) is 0 Å². The molecule has 2 fully saturated rings. The van der Waals surface area contributed by atoms with Gasteiger partial charge in [-0.2, -0.15) is 4.98 Å². The van der Waals surface area contributed by atoms with Gasteiger partial charge in [0.05, 0.1) is 23.7 Å². The van der Waals surface area contributed by atoms with Crippen LogP contribution < -0.4 is 0 Å². The van der Waals surface area contributed by atoms with Gasteiger partial charge in [-0.25, -0.2) is 13.4 Å². The van der Waals surface area contributed by atoms with Gasteiger partial charge in [0, 0.05) is 35.9 Å². The minimum Gasteiger partial charge on any atom is -0.381 e. The first kappa shape index (κ1) is 21.0. The summed E-state index contributed by atoms with van der Waals surface area (Å²) < 4.78 is 36.7. The molecule has 0 bridgehead atoms. The molecule has 0 spiro atoms. The maximum Gasteiger partial charge on any atom is 0.248 e. The fourth-order valence-corrected chi connectivity index (χ4v) is 6.18. The third-order valence-electron chi connectivity index (χ3n) is 6.69. The van der Waals surface area contributed by atoms with E-state index >= 15 is 0 Å². The van der Waals surface area contributed by atoms with E-state index in [0.717, 1.165) is 40.6 Å². The van der Waals surface area contributed by atoms with Crippen molar-refractivity contribution in [3.05, 3.63) is 47.0 Å². The van der Waals surface area contributed by atoms with Gasteiger partial charge in [0.2, 0.25) is 5.89 Å². The normalized spacial score (nSPS) is 18.8. The molecule has 11 heteroatoms. The average molecular weight is 488 g/mol. The molecule has 0 N–H and O–H groups in total. The predicted molar refractivity (Wildman–Crippen MR) is 122 cm³/mol. The number of aromatic nitrogens is 5. The van der Waals surface area contributed by atoms with Crippen LogP contribution in [0, 0.1) is 0 Å². The third kappa shape index (κ3) is 3.43. The molecule has 3 aromatic heterocycles. The lowest BCUT2D eigenvalue weighted by atomic mass is 10.1. The van der Waals surface area contributed by atoms with E-state index in [9.17, 15) is 8.42 Å². The van der Waals surface area contributed by atoms with Crippen molar-refractivity contribution in [3.63, 3.8) is 0 Å². The molecule has 0 amide bonds. The van der Waals surface area contributed by atoms with Gasteiger partial charge in [0.25, 0.3) is 0 Å². The van der Waals surface area contributed by atoms with Crippen LogP contribution in [0.15, 0.2) is 28.9 Å². The van der Waals surface area contributed by atoms with Crippen molar-refractivity contribution in [2.24, 2.45) is 0 Å². The zero-order chi connectivity index (χ0) is 22.8. The highest BCUT2D eigenvalue weighted by Gasteiger charge is 2.58. The first-order valence-corrected chi connectivity index (χ1v) is 13.2. The van der Waals surface area contributed by atoms with E-state index in [4.69, 9.17) is 25.8 Å². The van der Waals surface area contributed by atoms with Crippen molar-refractivity contribution in [2.75, 3.05) is 19.5 Å². The van der Waals surface area contributed by atoms with Crippen molar-refractivity contribution in [2.45, 2.75) is 42.9 Å². The van der Waals surface area contributed by atoms with E-state index in [1.807, 2.05) is 18.2 Å². The highest BCUT2D eigenvalue weighted by Crippen LogP contribution is 2.51. The lowest BCUT2D eigenvalue weighted by molar-refractivity contribution is 0.0700. The Labute approximate surface area is 195 Å². The van der Waals surface area contributed by atoms with Gasteiger partial charge < -0.3 is 13.8 Å². The molecule has 1 saturated carbocycles. The average Bonchev–Trinajstić information content (AvgIpc) is 3.36. The molecule has 4 aromatic rings. The number of nitrogens with zero attached hydrogens (tertiary/aromatic N) is 5. The molecule has 1 aliphatic carbocycles. The predicted octanol–water partition coefficient (Wildman–Crippen LogP) is 3.60. The number of pyridine rings is 1. The highest BCUT2D eigenvalue weighted by atomic mass is 35.5. The molecule has 1 saturated heterocycles. The summed E-state index contributed by atoms with van der Waals surface area (Å²) >= 11 is 6.32. The molecule has 33 heavy (non-hydrogen) atoms. The number of halogens is 1. The van der Waals surface area contributed by atoms with E-state index in [2.05, 4.69) is 19.7 Å². The Morgan fingerprint density at radius 3 is 2.70 bits per heavy atom. The molecule has 1 aliphatic heterocycles. The number of sulfone groups is 1. The van der Waals surface area contributed by atoms with Gasteiger partial charge in [0.15, 0.2) is 20.4 Å². The number of rotatable bonds is 5. The molecule has 1 aromatic carbocycles. The largest absolute Gasteiger partial charge is 0.381 e. The SMILES string of the molecule is CS(=O)(=O)C1(c2nc(Cc3nc4cnc5ccc(Cl)cc5c4n3C3CCOCC3)no2)CC1. The third-order valence-corrected chi connectivity index (χ3v) is 8.93. The summed E-state index contributed by atoms with van der Waals surface area (Å²) in [5.41, 5.74) is 2.59. The quantitative estimate of drug-likeness (QED) is 0.419. The molecule has 2 aliphatic rings. The van der Waals surface area contributed by atoms with E-state index in [0.29, 0.717) is 43.3 Å². The van der Waals surface area contributed by atoms with Crippen LogP contribution in [0.1, 0.15) is 49.3 Å². The van der Waals surface area contributed by atoms with Crippen LogP contribution in [-0.4, -0.2) is 52.6 Å². The second-order valence-corrected chi connectivity index (χ2v) is 11.6. The first-order valence-electron chi connectivity index (χ1n) is 10.9. The summed E-state index contributed by atoms with van der Waals surface area (Å²) in [7, 11) is -3.33. The van der Waals surface area contributed by atoms with Crippen molar-refractivity contribution >= 4 is 43.4 Å². The van der Waals surface area contributed by atoms with E-state index in [1.54, 1.807) is 6.20 Å². The Morgan fingerprint density at radius 1 is 1.18 bits per heavy atom. The molecule has 0 unspecified atom stereocenters. The molecule has 4 heterocycles. The zero-order valence-corrected chi connectivity index (χ0v) is 19.6. The smallest absolute Gasteiger partial charge is 0.248 e. The zero-order valence-electron chi connectivity index (χ0n) is 18.0. The van der Waals surface area contributed by atoms with Crippen molar-refractivity contribution in [1.29, 1.82) is 0 Å². The van der Waals surface area contributed by atoms with Gasteiger partial charge in [-0.3, -0.25) is 4.98 Å². The van der Waals surface area contributed by atoms with Crippen LogP contribution in [0.25, 0.3) is 21.9 Å². The Morgan fingerprint density at radius 2 is 1.97 bits per heavy atom. The molecule has 6 rings (SSSR count). The summed E-state index contributed by atoms with van der Waals surface area (Å²) in [6, 6.07) is 5.85. The van der Waals surface area contributed by atoms with Gasteiger partial charge in [-0.1, -0.05) is 16.8 Å². The fraction of sp³-hybridized carbons (Fsp3) is 0.455. The summed E-state index contributed by atoms with van der Waals surface area (Å²) in [5, 5.41) is 5.67. The summed E-state index contributed by atoms with van der Waals surface area (Å²) in [6.45, 7) is 1.35. The Balaban J connectivity index is 1.47.